The monoisotopic (exact) mass is 920 g/mol. The topological polar surface area (TPSA) is 51.1 Å². The molecule has 0 saturated carbocycles. The van der Waals surface area contributed by atoms with Gasteiger partial charge in [-0.3, -0.25) is 4.57 Å². The molecular weight excluding hydrogens is 829 g/mol. The molecule has 0 aliphatic heterocycles. The summed E-state index contributed by atoms with van der Waals surface area (Å²) in [4.78, 5) is 4.40. The van der Waals surface area contributed by atoms with Gasteiger partial charge in [-0.15, -0.1) is 0 Å². The third-order valence-corrected chi connectivity index (χ3v) is 10.7. The Morgan fingerprint density at radius 1 is 0.559 bits per heavy atom. The summed E-state index contributed by atoms with van der Waals surface area (Å²) in [6.45, 7) is -13.6. The van der Waals surface area contributed by atoms with Crippen molar-refractivity contribution in [3.63, 3.8) is 0 Å². The lowest BCUT2D eigenvalue weighted by molar-refractivity contribution is 0.483. The molecule has 10 rings (SSSR count). The Labute approximate surface area is 447 Å². The lowest BCUT2D eigenvalue weighted by Crippen LogP contribution is -2.11. The van der Waals surface area contributed by atoms with Gasteiger partial charge in [-0.1, -0.05) is 162 Å². The Bertz CT molecular complexity index is 5020. The molecule has 10 aromatic rings. The zero-order valence-electron chi connectivity index (χ0n) is 69.4. The fourth-order valence-electron chi connectivity index (χ4n) is 7.37. The van der Waals surface area contributed by atoms with E-state index in [0.29, 0.717) is 5.39 Å². The number of aryl methyl sites for hydroxylation is 1. The second-order valence-electron chi connectivity index (χ2n) is 16.6. The maximum absolute atomic E-state index is 9.69. The van der Waals surface area contributed by atoms with Crippen LogP contribution in [0.4, 0.5) is 22.7 Å². The molecular formula is C63H58N4O. The number of hydrogen-bond acceptors (Lipinski definition) is 4. The van der Waals surface area contributed by atoms with E-state index in [1.807, 2.05) is 0 Å². The number of anilines is 4. The van der Waals surface area contributed by atoms with Crippen LogP contribution in [0.3, 0.4) is 0 Å². The van der Waals surface area contributed by atoms with Crippen molar-refractivity contribution < 1.29 is 50.0 Å². The summed E-state index contributed by atoms with van der Waals surface area (Å²) in [6.07, 6.45) is 1.25. The number of hydrogen-bond donors (Lipinski definition) is 2. The molecule has 0 amide bonds. The van der Waals surface area contributed by atoms with E-state index in [1.54, 1.807) is 45.0 Å². The molecule has 0 fully saturated rings. The molecule has 0 spiro atoms. The molecule has 2 N–H and O–H groups in total. The molecule has 5 nitrogen and oxygen atoms in total. The molecule has 8 aromatic carbocycles. The minimum atomic E-state index is -4.14. The second-order valence-corrected chi connectivity index (χ2v) is 16.6. The highest BCUT2D eigenvalue weighted by Crippen LogP contribution is 2.43. The molecule has 0 bridgehead atoms. The highest BCUT2D eigenvalue weighted by molar-refractivity contribution is 6.09. The molecule has 5 heteroatoms. The van der Waals surface area contributed by atoms with Crippen molar-refractivity contribution in [1.82, 2.24) is 9.55 Å². The number of rotatable bonds is 10. The van der Waals surface area contributed by atoms with E-state index in [2.05, 4.69) is 15.6 Å². The number of benzene rings is 8. The summed E-state index contributed by atoms with van der Waals surface area (Å²) in [5.74, 6) is 0.266. The van der Waals surface area contributed by atoms with Gasteiger partial charge in [0.1, 0.15) is 17.3 Å². The van der Waals surface area contributed by atoms with Crippen molar-refractivity contribution in [3.05, 3.63) is 216 Å². The van der Waals surface area contributed by atoms with Gasteiger partial charge in [0.25, 0.3) is 0 Å². The maximum atomic E-state index is 9.69. The first-order valence-corrected chi connectivity index (χ1v) is 20.9. The highest BCUT2D eigenvalue weighted by atomic mass is 16.5. The predicted molar refractivity (Wildman–Crippen MR) is 288 cm³/mol. The number of para-hydroxylation sites is 4. The quantitative estimate of drug-likeness (QED) is 0.144. The molecule has 68 heavy (non-hydrogen) atoms. The van der Waals surface area contributed by atoms with Gasteiger partial charge in [0, 0.05) is 66.5 Å². The van der Waals surface area contributed by atoms with Crippen molar-refractivity contribution in [2.75, 3.05) is 10.6 Å². The Morgan fingerprint density at radius 3 is 1.97 bits per heavy atom. The Morgan fingerprint density at radius 2 is 1.25 bits per heavy atom. The largest absolute Gasteiger partial charge is 0.457 e. The average Bonchev–Trinajstić information content (AvgIpc) is 1.33. The molecule has 0 aliphatic carbocycles. The van der Waals surface area contributed by atoms with Crippen molar-refractivity contribution in [3.8, 4) is 50.7 Å². The average molecular weight is 920 g/mol. The van der Waals surface area contributed by atoms with E-state index in [0.717, 1.165) is 0 Å². The zero-order chi connectivity index (χ0) is 75.3. The van der Waals surface area contributed by atoms with E-state index in [-0.39, 0.29) is 68.0 Å². The minimum absolute atomic E-state index is 0.00689. The van der Waals surface area contributed by atoms with Crippen molar-refractivity contribution >= 4 is 44.6 Å². The molecule has 0 radical (unpaired) electrons. The van der Waals surface area contributed by atoms with E-state index < -0.39 is 198 Å². The summed E-state index contributed by atoms with van der Waals surface area (Å²) < 4.78 is 300. The first-order chi connectivity index (χ1) is 46.5. The number of nitrogens with one attached hydrogen (secondary N) is 2. The van der Waals surface area contributed by atoms with Crippen LogP contribution in [-0.4, -0.2) is 9.55 Å². The number of nitrogens with zero attached hydrogens (tertiary/aromatic N) is 2. The van der Waals surface area contributed by atoms with E-state index in [4.69, 9.17) is 33.5 Å². The van der Waals surface area contributed by atoms with Crippen LogP contribution in [0.25, 0.3) is 61.0 Å². The lowest BCUT2D eigenvalue weighted by atomic mass is 9.84. The Hall–Kier alpha value is -7.89. The van der Waals surface area contributed by atoms with Crippen molar-refractivity contribution in [1.29, 1.82) is 0 Å². The van der Waals surface area contributed by atoms with Crippen LogP contribution in [0.5, 0.6) is 11.5 Å². The van der Waals surface area contributed by atoms with Crippen LogP contribution in [0.1, 0.15) is 109 Å². The van der Waals surface area contributed by atoms with Gasteiger partial charge in [0.15, 0.2) is 0 Å². The maximum Gasteiger partial charge on any atom is 0.137 e. The predicted octanol–water partition coefficient (Wildman–Crippen LogP) is 17.7. The van der Waals surface area contributed by atoms with E-state index in [9.17, 15) is 16.4 Å². The fourth-order valence-corrected chi connectivity index (χ4v) is 7.37. The van der Waals surface area contributed by atoms with Gasteiger partial charge in [-0.2, -0.15) is 0 Å². The van der Waals surface area contributed by atoms with Crippen LogP contribution in [0.15, 0.2) is 194 Å². The SMILES string of the molecule is [2H]c1c([2H])c(-c2c([2H])c([2H])c(-c3c([2H])c([2H])c(C(C)(C)C)c([2H])c3C([2H])([2H])[2H])c([2H])c2[2H])c(Nc2ccccc2Nc2cccc(Oc3ccc4c5c([2H])c([2H])c([2H])c([2H])c5n(-c5cc(C([2H])([2H])[2H])ccn5)c4c3)c2)c(-c2c([2H])c([2H])c(C(C([2H])([2H])[2H])(C([2H])([2H])[2H])C([2H])([2H])[2H])c([2H])c2[2H])c1[2H]. The van der Waals surface area contributed by atoms with Gasteiger partial charge in [0.2, 0.25) is 0 Å². The second kappa shape index (κ2) is 17.7. The molecule has 0 aliphatic rings. The third kappa shape index (κ3) is 8.88. The molecule has 2 heterocycles. The number of aromatic nitrogens is 2. The van der Waals surface area contributed by atoms with E-state index >= 15 is 0 Å². The molecule has 0 atom stereocenters. The molecule has 336 valence electrons. The smallest absolute Gasteiger partial charge is 0.137 e. The fraction of sp³-hybridized carbons (Fsp3) is 0.159. The zero-order valence-corrected chi connectivity index (χ0v) is 36.4. The number of pyridine rings is 1. The van der Waals surface area contributed by atoms with Gasteiger partial charge < -0.3 is 15.4 Å². The van der Waals surface area contributed by atoms with Crippen LogP contribution in [0, 0.1) is 13.7 Å². The molecule has 0 unspecified atom stereocenters. The van der Waals surface area contributed by atoms with Gasteiger partial charge in [-0.05, 0) is 124 Å². The third-order valence-electron chi connectivity index (χ3n) is 10.7. The summed E-state index contributed by atoms with van der Waals surface area (Å²) in [6, 6.07) is 1.04. The standard InChI is InChI=1S/C63H58N4O/c1-41-35-36-64-60(37-41)67-58-22-12-9-17-54(58)55-34-32-50(40-59(55)67)68-49-16-13-15-48(39-49)65-56-20-10-11-21-57(56)66-61-52(18-14-19-53(61)45-27-29-46(30-28-45)62(3,4)5)44-25-23-43(24-26-44)51-33-31-47(38-42(51)2)63(6,7)8/h9-40,65-66H,1-8H3/i1D3,2D3,3D3,4D3,5D3,9D,12D,14D,17D,18D,19D,22D,23D,24D,25D,26D,27D,28D,29D,30D,31D,33D,38D. The van der Waals surface area contributed by atoms with Gasteiger partial charge in [0.05, 0.1) is 52.8 Å². The number of fused-ring (bicyclic) bond motifs is 3. The lowest BCUT2D eigenvalue weighted by Gasteiger charge is -2.22. The summed E-state index contributed by atoms with van der Waals surface area (Å²) in [7, 11) is 0. The van der Waals surface area contributed by atoms with Crippen LogP contribution < -0.4 is 15.4 Å². The number of ether oxygens (including phenoxy) is 1. The summed E-state index contributed by atoms with van der Waals surface area (Å²) >= 11 is 0. The van der Waals surface area contributed by atoms with Crippen LogP contribution in [-0.2, 0) is 10.8 Å². The first-order valence-electron chi connectivity index (χ1n) is 37.4. The summed E-state index contributed by atoms with van der Waals surface area (Å²) in [5.41, 5.74) is -14.0. The Kier molecular flexibility index (Phi) is 5.25. The van der Waals surface area contributed by atoms with Gasteiger partial charge >= 0.3 is 0 Å². The molecule has 0 saturated heterocycles. The van der Waals surface area contributed by atoms with Crippen LogP contribution in [0.2, 0.25) is 0 Å². The van der Waals surface area contributed by atoms with Gasteiger partial charge in [-0.25, -0.2) is 4.98 Å². The normalized spacial score (nSPS) is 19.7. The van der Waals surface area contributed by atoms with Crippen LogP contribution >= 0.6 is 0 Å². The molecule has 2 aromatic heterocycles. The van der Waals surface area contributed by atoms with Crippen molar-refractivity contribution in [2.45, 2.75) is 65.9 Å². The summed E-state index contributed by atoms with van der Waals surface area (Å²) in [5, 5.41) is 6.59. The Balaban J connectivity index is 1.20. The van der Waals surface area contributed by atoms with E-state index in [1.165, 1.54) is 65.4 Å². The minimum Gasteiger partial charge on any atom is -0.457 e. The highest BCUT2D eigenvalue weighted by Gasteiger charge is 2.19. The van der Waals surface area contributed by atoms with Crippen molar-refractivity contribution in [2.24, 2.45) is 0 Å². The first kappa shape index (κ1) is 20.1.